The van der Waals surface area contributed by atoms with E-state index in [1.807, 2.05) is 18.2 Å². The van der Waals surface area contributed by atoms with E-state index in [2.05, 4.69) is 10.6 Å². The summed E-state index contributed by atoms with van der Waals surface area (Å²) in [4.78, 5) is 24.3. The Labute approximate surface area is 157 Å². The smallest absolute Gasteiger partial charge is 0.258 e. The number of fused-ring (bicyclic) bond motifs is 1. The molecule has 0 spiro atoms. The van der Waals surface area contributed by atoms with Crippen molar-refractivity contribution in [2.24, 2.45) is 0 Å². The first kappa shape index (κ1) is 18.6. The van der Waals surface area contributed by atoms with Gasteiger partial charge in [0.05, 0.1) is 13.2 Å². The SMILES string of the molecule is CC(NC(=O)COc1ccccc1)C(=O)Nc1ccc2c(c1)OCCCO2. The first-order valence-corrected chi connectivity index (χ1v) is 8.79. The molecular formula is C20H22N2O5. The van der Waals surface area contributed by atoms with Crippen LogP contribution in [0.3, 0.4) is 0 Å². The zero-order valence-corrected chi connectivity index (χ0v) is 15.1. The molecule has 0 saturated heterocycles. The number of rotatable bonds is 6. The van der Waals surface area contributed by atoms with Gasteiger partial charge in [0.2, 0.25) is 5.91 Å². The van der Waals surface area contributed by atoms with Gasteiger partial charge in [0.1, 0.15) is 11.8 Å². The molecule has 0 saturated carbocycles. The van der Waals surface area contributed by atoms with Crippen molar-refractivity contribution in [2.45, 2.75) is 19.4 Å². The molecule has 2 N–H and O–H groups in total. The lowest BCUT2D eigenvalue weighted by Gasteiger charge is -2.15. The van der Waals surface area contributed by atoms with Crippen molar-refractivity contribution in [1.29, 1.82) is 0 Å². The predicted molar refractivity (Wildman–Crippen MR) is 100 cm³/mol. The van der Waals surface area contributed by atoms with E-state index in [1.54, 1.807) is 37.3 Å². The molecular weight excluding hydrogens is 348 g/mol. The highest BCUT2D eigenvalue weighted by Gasteiger charge is 2.17. The molecule has 0 aliphatic carbocycles. The second-order valence-corrected chi connectivity index (χ2v) is 6.09. The van der Waals surface area contributed by atoms with Crippen molar-refractivity contribution in [3.8, 4) is 17.2 Å². The van der Waals surface area contributed by atoms with Crippen LogP contribution in [0, 0.1) is 0 Å². The Morgan fingerprint density at radius 3 is 2.59 bits per heavy atom. The number of anilines is 1. The van der Waals surface area contributed by atoms with E-state index in [4.69, 9.17) is 14.2 Å². The van der Waals surface area contributed by atoms with E-state index in [-0.39, 0.29) is 18.4 Å². The van der Waals surface area contributed by atoms with Gasteiger partial charge < -0.3 is 24.8 Å². The van der Waals surface area contributed by atoms with E-state index in [9.17, 15) is 9.59 Å². The van der Waals surface area contributed by atoms with Crippen molar-refractivity contribution in [3.05, 3.63) is 48.5 Å². The third-order valence-corrected chi connectivity index (χ3v) is 3.90. The van der Waals surface area contributed by atoms with Crippen LogP contribution in [0.5, 0.6) is 17.2 Å². The zero-order chi connectivity index (χ0) is 19.1. The number of ether oxygens (including phenoxy) is 3. The highest BCUT2D eigenvalue weighted by Crippen LogP contribution is 2.32. The standard InChI is InChI=1S/C20H22N2O5/c1-14(21-19(23)13-27-16-6-3-2-4-7-16)20(24)22-15-8-9-17-18(12-15)26-11-5-10-25-17/h2-4,6-9,12,14H,5,10-11,13H2,1H3,(H,21,23)(H,22,24). The molecule has 2 aromatic carbocycles. The Bertz CT molecular complexity index is 794. The molecule has 0 radical (unpaired) electrons. The number of carbonyl (C=O) groups is 2. The zero-order valence-electron chi connectivity index (χ0n) is 15.1. The number of amides is 2. The van der Waals surface area contributed by atoms with E-state index in [1.165, 1.54) is 0 Å². The Morgan fingerprint density at radius 1 is 1.07 bits per heavy atom. The van der Waals surface area contributed by atoms with Crippen LogP contribution in [0.15, 0.2) is 48.5 Å². The van der Waals surface area contributed by atoms with Crippen LogP contribution in [0.25, 0.3) is 0 Å². The van der Waals surface area contributed by atoms with Crippen LogP contribution in [0.4, 0.5) is 5.69 Å². The van der Waals surface area contributed by atoms with Gasteiger partial charge in [0.15, 0.2) is 18.1 Å². The number of carbonyl (C=O) groups excluding carboxylic acids is 2. The Morgan fingerprint density at radius 2 is 1.81 bits per heavy atom. The summed E-state index contributed by atoms with van der Waals surface area (Å²) in [5.74, 6) is 1.14. The predicted octanol–water partition coefficient (Wildman–Crippen LogP) is 2.37. The molecule has 2 aromatic rings. The van der Waals surface area contributed by atoms with Crippen LogP contribution in [0.1, 0.15) is 13.3 Å². The maximum absolute atomic E-state index is 12.3. The van der Waals surface area contributed by atoms with E-state index < -0.39 is 6.04 Å². The van der Waals surface area contributed by atoms with E-state index >= 15 is 0 Å². The molecule has 7 heteroatoms. The minimum absolute atomic E-state index is 0.161. The Kier molecular flexibility index (Phi) is 6.14. The summed E-state index contributed by atoms with van der Waals surface area (Å²) in [7, 11) is 0. The lowest BCUT2D eigenvalue weighted by molar-refractivity contribution is -0.127. The molecule has 3 rings (SSSR count). The summed E-state index contributed by atoms with van der Waals surface area (Å²) in [6.07, 6.45) is 0.810. The maximum Gasteiger partial charge on any atom is 0.258 e. The average molecular weight is 370 g/mol. The fourth-order valence-corrected chi connectivity index (χ4v) is 2.51. The van der Waals surface area contributed by atoms with Gasteiger partial charge in [-0.2, -0.15) is 0 Å². The summed E-state index contributed by atoms with van der Waals surface area (Å²) < 4.78 is 16.5. The Balaban J connectivity index is 1.50. The van der Waals surface area contributed by atoms with Crippen molar-refractivity contribution < 1.29 is 23.8 Å². The van der Waals surface area contributed by atoms with Gasteiger partial charge in [-0.1, -0.05) is 18.2 Å². The lowest BCUT2D eigenvalue weighted by Crippen LogP contribution is -2.43. The van der Waals surface area contributed by atoms with Gasteiger partial charge in [-0.05, 0) is 31.2 Å². The quantitative estimate of drug-likeness (QED) is 0.815. The molecule has 7 nitrogen and oxygen atoms in total. The van der Waals surface area contributed by atoms with Crippen LogP contribution in [-0.4, -0.2) is 37.7 Å². The number of hydrogen-bond donors (Lipinski definition) is 2. The average Bonchev–Trinajstić information content (AvgIpc) is 2.92. The van der Waals surface area contributed by atoms with Crippen LogP contribution >= 0.6 is 0 Å². The van der Waals surface area contributed by atoms with Gasteiger partial charge in [0.25, 0.3) is 5.91 Å². The molecule has 1 aliphatic rings. The topological polar surface area (TPSA) is 85.9 Å². The first-order valence-electron chi connectivity index (χ1n) is 8.79. The van der Waals surface area contributed by atoms with Gasteiger partial charge in [0, 0.05) is 18.2 Å². The third kappa shape index (κ3) is 5.37. The highest BCUT2D eigenvalue weighted by molar-refractivity contribution is 5.97. The van der Waals surface area contributed by atoms with Crippen LogP contribution < -0.4 is 24.8 Å². The maximum atomic E-state index is 12.3. The largest absolute Gasteiger partial charge is 0.490 e. The molecule has 1 aliphatic heterocycles. The summed E-state index contributed by atoms with van der Waals surface area (Å²) in [6.45, 7) is 2.62. The number of hydrogen-bond acceptors (Lipinski definition) is 5. The van der Waals surface area contributed by atoms with Gasteiger partial charge >= 0.3 is 0 Å². The van der Waals surface area contributed by atoms with E-state index in [0.717, 1.165) is 6.42 Å². The van der Waals surface area contributed by atoms with Gasteiger partial charge in [-0.3, -0.25) is 9.59 Å². The second-order valence-electron chi connectivity index (χ2n) is 6.09. The number of nitrogens with one attached hydrogen (secondary N) is 2. The summed E-state index contributed by atoms with van der Waals surface area (Å²) in [6, 6.07) is 13.5. The van der Waals surface area contributed by atoms with Crippen molar-refractivity contribution in [1.82, 2.24) is 5.32 Å². The monoisotopic (exact) mass is 370 g/mol. The molecule has 1 unspecified atom stereocenters. The number of benzene rings is 2. The number of para-hydroxylation sites is 1. The lowest BCUT2D eigenvalue weighted by atomic mass is 10.2. The third-order valence-electron chi connectivity index (χ3n) is 3.90. The molecule has 0 aromatic heterocycles. The first-order chi connectivity index (χ1) is 13.1. The van der Waals surface area contributed by atoms with E-state index in [0.29, 0.717) is 36.1 Å². The molecule has 0 fully saturated rings. The molecule has 2 amide bonds. The fraction of sp³-hybridized carbons (Fsp3) is 0.300. The van der Waals surface area contributed by atoms with Crippen molar-refractivity contribution in [3.63, 3.8) is 0 Å². The highest BCUT2D eigenvalue weighted by atomic mass is 16.5. The molecule has 1 heterocycles. The van der Waals surface area contributed by atoms with Gasteiger partial charge in [-0.15, -0.1) is 0 Å². The summed E-state index contributed by atoms with van der Waals surface area (Å²) in [5, 5.41) is 5.37. The molecule has 0 bridgehead atoms. The minimum atomic E-state index is -0.715. The molecule has 142 valence electrons. The normalized spacial score (nSPS) is 13.8. The molecule has 27 heavy (non-hydrogen) atoms. The fourth-order valence-electron chi connectivity index (χ4n) is 2.51. The van der Waals surface area contributed by atoms with Crippen molar-refractivity contribution >= 4 is 17.5 Å². The van der Waals surface area contributed by atoms with Gasteiger partial charge in [-0.25, -0.2) is 0 Å². The summed E-state index contributed by atoms with van der Waals surface area (Å²) >= 11 is 0. The van der Waals surface area contributed by atoms with Crippen LogP contribution in [-0.2, 0) is 9.59 Å². The van der Waals surface area contributed by atoms with Crippen LogP contribution in [0.2, 0.25) is 0 Å². The minimum Gasteiger partial charge on any atom is -0.490 e. The Hall–Kier alpha value is -3.22. The molecule has 1 atom stereocenters. The second kappa shape index (κ2) is 8.93. The summed E-state index contributed by atoms with van der Waals surface area (Å²) in [5.41, 5.74) is 0.575. The van der Waals surface area contributed by atoms with Crippen molar-refractivity contribution in [2.75, 3.05) is 25.1 Å².